The summed E-state index contributed by atoms with van der Waals surface area (Å²) in [6.07, 6.45) is -0.263. The van der Waals surface area contributed by atoms with Gasteiger partial charge in [-0.3, -0.25) is 0 Å². The van der Waals surface area contributed by atoms with Crippen LogP contribution in [0.2, 0.25) is 0 Å². The van der Waals surface area contributed by atoms with E-state index in [2.05, 4.69) is 15.3 Å². The van der Waals surface area contributed by atoms with Gasteiger partial charge in [0, 0.05) is 23.5 Å². The molecule has 1 aliphatic rings. The second-order valence-corrected chi connectivity index (χ2v) is 5.13. The summed E-state index contributed by atoms with van der Waals surface area (Å²) in [6.45, 7) is 5.20. The first-order chi connectivity index (χ1) is 10.2. The van der Waals surface area contributed by atoms with E-state index in [0.29, 0.717) is 12.4 Å². The van der Waals surface area contributed by atoms with Crippen LogP contribution in [0.3, 0.4) is 0 Å². The molecule has 1 unspecified atom stereocenters. The fourth-order valence-corrected chi connectivity index (χ4v) is 2.49. The Labute approximate surface area is 124 Å². The number of aromatic nitrogens is 2. The second-order valence-electron chi connectivity index (χ2n) is 5.13. The summed E-state index contributed by atoms with van der Waals surface area (Å²) in [5.74, 6) is 2.19. The van der Waals surface area contributed by atoms with E-state index in [1.54, 1.807) is 0 Å². The van der Waals surface area contributed by atoms with Crippen molar-refractivity contribution in [2.45, 2.75) is 26.5 Å². The standard InChI is InChI=1S/C16H19N3O2/c1-10-12(8-17-3)11(2)19-16(18-10)15-9-20-13-6-4-5-7-14(13)21-15/h4-7,15,17H,8-9H2,1-3H3. The van der Waals surface area contributed by atoms with Gasteiger partial charge < -0.3 is 14.8 Å². The van der Waals surface area contributed by atoms with E-state index >= 15 is 0 Å². The third-order valence-corrected chi connectivity index (χ3v) is 3.59. The minimum absolute atomic E-state index is 0.263. The third kappa shape index (κ3) is 2.69. The largest absolute Gasteiger partial charge is 0.485 e. The molecular weight excluding hydrogens is 266 g/mol. The molecule has 1 aromatic heterocycles. The van der Waals surface area contributed by atoms with Gasteiger partial charge in [0.1, 0.15) is 6.61 Å². The molecule has 3 rings (SSSR count). The van der Waals surface area contributed by atoms with E-state index < -0.39 is 0 Å². The fourth-order valence-electron chi connectivity index (χ4n) is 2.49. The summed E-state index contributed by atoms with van der Waals surface area (Å²) in [7, 11) is 1.92. The Hall–Kier alpha value is -2.14. The van der Waals surface area contributed by atoms with Crippen LogP contribution in [0.15, 0.2) is 24.3 Å². The van der Waals surface area contributed by atoms with Gasteiger partial charge in [0.25, 0.3) is 0 Å². The van der Waals surface area contributed by atoms with Crippen molar-refractivity contribution in [2.24, 2.45) is 0 Å². The Balaban J connectivity index is 1.89. The van der Waals surface area contributed by atoms with Crippen LogP contribution in [0.4, 0.5) is 0 Å². The summed E-state index contributed by atoms with van der Waals surface area (Å²) in [5, 5.41) is 3.14. The summed E-state index contributed by atoms with van der Waals surface area (Å²) >= 11 is 0. The average Bonchev–Trinajstić information content (AvgIpc) is 2.50. The van der Waals surface area contributed by atoms with E-state index in [9.17, 15) is 0 Å². The molecule has 1 N–H and O–H groups in total. The van der Waals surface area contributed by atoms with Crippen LogP contribution in [-0.4, -0.2) is 23.6 Å². The third-order valence-electron chi connectivity index (χ3n) is 3.59. The van der Waals surface area contributed by atoms with Gasteiger partial charge in [-0.25, -0.2) is 9.97 Å². The average molecular weight is 285 g/mol. The number of hydrogen-bond acceptors (Lipinski definition) is 5. The highest BCUT2D eigenvalue weighted by molar-refractivity contribution is 5.41. The van der Waals surface area contributed by atoms with Crippen molar-refractivity contribution in [2.75, 3.05) is 13.7 Å². The van der Waals surface area contributed by atoms with Gasteiger partial charge in [-0.05, 0) is 33.0 Å². The number of ether oxygens (including phenoxy) is 2. The van der Waals surface area contributed by atoms with Crippen LogP contribution >= 0.6 is 0 Å². The van der Waals surface area contributed by atoms with Crippen LogP contribution < -0.4 is 14.8 Å². The van der Waals surface area contributed by atoms with Gasteiger partial charge in [-0.15, -0.1) is 0 Å². The molecule has 21 heavy (non-hydrogen) atoms. The number of hydrogen-bond donors (Lipinski definition) is 1. The molecule has 5 nitrogen and oxygen atoms in total. The zero-order valence-corrected chi connectivity index (χ0v) is 12.5. The fraction of sp³-hybridized carbons (Fsp3) is 0.375. The van der Waals surface area contributed by atoms with Crippen LogP contribution in [-0.2, 0) is 6.54 Å². The van der Waals surface area contributed by atoms with E-state index in [-0.39, 0.29) is 6.10 Å². The molecule has 5 heteroatoms. The van der Waals surface area contributed by atoms with Gasteiger partial charge in [-0.1, -0.05) is 12.1 Å². The van der Waals surface area contributed by atoms with E-state index in [4.69, 9.17) is 9.47 Å². The van der Waals surface area contributed by atoms with Crippen LogP contribution in [0, 0.1) is 13.8 Å². The molecule has 0 spiro atoms. The quantitative estimate of drug-likeness (QED) is 0.938. The van der Waals surface area contributed by atoms with Gasteiger partial charge in [0.2, 0.25) is 0 Å². The molecule has 110 valence electrons. The Morgan fingerprint density at radius 2 is 1.81 bits per heavy atom. The van der Waals surface area contributed by atoms with Crippen molar-refractivity contribution in [3.63, 3.8) is 0 Å². The van der Waals surface area contributed by atoms with E-state index in [1.807, 2.05) is 45.2 Å². The number of nitrogens with zero attached hydrogens (tertiary/aromatic N) is 2. The molecule has 0 radical (unpaired) electrons. The lowest BCUT2D eigenvalue weighted by molar-refractivity contribution is 0.0847. The number of nitrogens with one attached hydrogen (secondary N) is 1. The topological polar surface area (TPSA) is 56.3 Å². The number of para-hydroxylation sites is 2. The van der Waals surface area contributed by atoms with Crippen molar-refractivity contribution in [3.8, 4) is 11.5 Å². The predicted molar refractivity (Wildman–Crippen MR) is 79.6 cm³/mol. The van der Waals surface area contributed by atoms with Gasteiger partial charge in [0.15, 0.2) is 23.4 Å². The second kappa shape index (κ2) is 5.69. The van der Waals surface area contributed by atoms with E-state index in [1.165, 1.54) is 0 Å². The molecule has 0 amide bonds. The molecule has 0 saturated heterocycles. The van der Waals surface area contributed by atoms with Crippen molar-refractivity contribution < 1.29 is 9.47 Å². The van der Waals surface area contributed by atoms with Crippen LogP contribution in [0.1, 0.15) is 28.9 Å². The first kappa shape index (κ1) is 13.8. The first-order valence-corrected chi connectivity index (χ1v) is 7.06. The lowest BCUT2D eigenvalue weighted by Crippen LogP contribution is -2.25. The van der Waals surface area contributed by atoms with Gasteiger partial charge >= 0.3 is 0 Å². The van der Waals surface area contributed by atoms with Crippen molar-refractivity contribution in [1.82, 2.24) is 15.3 Å². The smallest absolute Gasteiger partial charge is 0.192 e. The summed E-state index contributed by atoms with van der Waals surface area (Å²) in [6, 6.07) is 7.66. The lowest BCUT2D eigenvalue weighted by atomic mass is 10.1. The Kier molecular flexibility index (Phi) is 3.75. The zero-order valence-electron chi connectivity index (χ0n) is 12.5. The molecule has 1 aromatic carbocycles. The molecule has 0 fully saturated rings. The normalized spacial score (nSPS) is 16.8. The summed E-state index contributed by atoms with van der Waals surface area (Å²) in [5.41, 5.74) is 3.10. The predicted octanol–water partition coefficient (Wildman–Crippen LogP) is 2.33. The zero-order chi connectivity index (χ0) is 14.8. The highest BCUT2D eigenvalue weighted by Crippen LogP contribution is 2.35. The molecule has 2 heterocycles. The summed E-state index contributed by atoms with van der Waals surface area (Å²) in [4.78, 5) is 9.19. The maximum absolute atomic E-state index is 5.96. The molecule has 1 atom stereocenters. The highest BCUT2D eigenvalue weighted by atomic mass is 16.6. The molecule has 1 aliphatic heterocycles. The minimum Gasteiger partial charge on any atom is -0.485 e. The Morgan fingerprint density at radius 1 is 1.14 bits per heavy atom. The van der Waals surface area contributed by atoms with Crippen molar-refractivity contribution in [3.05, 3.63) is 47.0 Å². The first-order valence-electron chi connectivity index (χ1n) is 7.06. The molecule has 0 saturated carbocycles. The molecule has 0 aliphatic carbocycles. The summed E-state index contributed by atoms with van der Waals surface area (Å²) < 4.78 is 11.7. The van der Waals surface area contributed by atoms with Crippen LogP contribution in [0.25, 0.3) is 0 Å². The highest BCUT2D eigenvalue weighted by Gasteiger charge is 2.25. The molecule has 2 aromatic rings. The Bertz CT molecular complexity index is 635. The number of rotatable bonds is 3. The molecule has 0 bridgehead atoms. The monoisotopic (exact) mass is 285 g/mol. The van der Waals surface area contributed by atoms with Crippen molar-refractivity contribution in [1.29, 1.82) is 0 Å². The van der Waals surface area contributed by atoms with E-state index in [0.717, 1.165) is 35.0 Å². The minimum atomic E-state index is -0.263. The maximum Gasteiger partial charge on any atom is 0.192 e. The van der Waals surface area contributed by atoms with Gasteiger partial charge in [-0.2, -0.15) is 0 Å². The Morgan fingerprint density at radius 3 is 2.48 bits per heavy atom. The maximum atomic E-state index is 5.96. The number of aryl methyl sites for hydroxylation is 2. The van der Waals surface area contributed by atoms with Crippen molar-refractivity contribution >= 4 is 0 Å². The van der Waals surface area contributed by atoms with Crippen LogP contribution in [0.5, 0.6) is 11.5 Å². The number of fused-ring (bicyclic) bond motifs is 1. The number of benzene rings is 1. The lowest BCUT2D eigenvalue weighted by Gasteiger charge is -2.26. The molecular formula is C16H19N3O2. The van der Waals surface area contributed by atoms with Gasteiger partial charge in [0.05, 0.1) is 0 Å². The SMILES string of the molecule is CNCc1c(C)nc(C2COc3ccccc3O2)nc1C.